The molecule has 17 heavy (non-hydrogen) atoms. The van der Waals surface area contributed by atoms with Crippen LogP contribution >= 0.6 is 11.3 Å². The van der Waals surface area contributed by atoms with E-state index in [1.165, 1.54) is 18.4 Å². The molecule has 0 aliphatic carbocycles. The van der Waals surface area contributed by atoms with Crippen molar-refractivity contribution in [3.05, 3.63) is 11.1 Å². The van der Waals surface area contributed by atoms with E-state index in [9.17, 15) is 13.2 Å². The first-order valence-electron chi connectivity index (χ1n) is 4.92. The summed E-state index contributed by atoms with van der Waals surface area (Å²) in [6, 6.07) is 0. The minimum absolute atomic E-state index is 0.0916. The highest BCUT2D eigenvalue weighted by Crippen LogP contribution is 2.18. The molecule has 0 radical (unpaired) electrons. The second-order valence-corrected chi connectivity index (χ2v) is 6.45. The van der Waals surface area contributed by atoms with Crippen LogP contribution in [0.3, 0.4) is 0 Å². The fourth-order valence-corrected chi connectivity index (χ4v) is 3.10. The Bertz CT molecular complexity index is 481. The number of carbonyl (C=O) groups is 1. The summed E-state index contributed by atoms with van der Waals surface area (Å²) in [6.07, 6.45) is 1.91. The fourth-order valence-electron chi connectivity index (χ4n) is 1.09. The molecule has 1 rings (SSSR count). The van der Waals surface area contributed by atoms with E-state index in [1.807, 2.05) is 6.92 Å². The number of thiazole rings is 1. The van der Waals surface area contributed by atoms with Gasteiger partial charge in [-0.05, 0) is 13.3 Å². The maximum absolute atomic E-state index is 11.6. The molecule has 0 bridgehead atoms. The summed E-state index contributed by atoms with van der Waals surface area (Å²) in [5, 5.41) is 0.348. The first-order valence-corrected chi connectivity index (χ1v) is 7.39. The number of nitrogens with zero attached hydrogens (tertiary/aromatic N) is 1. The average Bonchev–Trinajstić information content (AvgIpc) is 2.62. The van der Waals surface area contributed by atoms with Crippen molar-refractivity contribution in [1.82, 2.24) is 4.98 Å². The molecule has 0 aliphatic heterocycles. The predicted molar refractivity (Wildman–Crippen MR) is 65.5 cm³/mol. The Kier molecular flexibility index (Phi) is 4.88. The number of nitrogens with one attached hydrogen (secondary N) is 1. The molecular weight excluding hydrogens is 264 g/mol. The minimum Gasteiger partial charge on any atom is -0.469 e. The van der Waals surface area contributed by atoms with Crippen LogP contribution in [0.15, 0.2) is 6.20 Å². The summed E-state index contributed by atoms with van der Waals surface area (Å²) in [5.74, 6) is -0.536. The molecule has 96 valence electrons. The van der Waals surface area contributed by atoms with Gasteiger partial charge < -0.3 is 4.74 Å². The van der Waals surface area contributed by atoms with E-state index < -0.39 is 16.0 Å². The number of hydrogen-bond acceptors (Lipinski definition) is 6. The molecule has 0 saturated heterocycles. The summed E-state index contributed by atoms with van der Waals surface area (Å²) in [4.78, 5) is 15.6. The second-order valence-electron chi connectivity index (χ2n) is 3.38. The maximum Gasteiger partial charge on any atom is 0.305 e. The monoisotopic (exact) mass is 278 g/mol. The fraction of sp³-hybridized carbons (Fsp3) is 0.556. The molecule has 0 spiro atoms. The van der Waals surface area contributed by atoms with E-state index in [1.54, 1.807) is 6.20 Å². The van der Waals surface area contributed by atoms with E-state index in [2.05, 4.69) is 14.4 Å². The van der Waals surface area contributed by atoms with Crippen LogP contribution in [0.25, 0.3) is 0 Å². The van der Waals surface area contributed by atoms with Crippen LogP contribution < -0.4 is 4.72 Å². The van der Waals surface area contributed by atoms with Crippen LogP contribution in [0.4, 0.5) is 5.13 Å². The van der Waals surface area contributed by atoms with Gasteiger partial charge in [-0.3, -0.25) is 9.52 Å². The van der Waals surface area contributed by atoms with E-state index in [0.29, 0.717) is 5.13 Å². The quantitative estimate of drug-likeness (QED) is 0.789. The van der Waals surface area contributed by atoms with Gasteiger partial charge in [0.05, 0.1) is 12.9 Å². The summed E-state index contributed by atoms with van der Waals surface area (Å²) in [6.45, 7) is 1.84. The van der Waals surface area contributed by atoms with Crippen LogP contribution in [0.5, 0.6) is 0 Å². The zero-order valence-corrected chi connectivity index (χ0v) is 11.2. The van der Waals surface area contributed by atoms with Crippen LogP contribution in [-0.4, -0.2) is 32.2 Å². The number of ether oxygens (including phenoxy) is 1. The number of hydrogen-bond donors (Lipinski definition) is 1. The molecule has 1 aromatic rings. The van der Waals surface area contributed by atoms with Crippen molar-refractivity contribution >= 4 is 32.5 Å². The van der Waals surface area contributed by atoms with Gasteiger partial charge >= 0.3 is 5.97 Å². The van der Waals surface area contributed by atoms with Crippen molar-refractivity contribution in [3.63, 3.8) is 0 Å². The summed E-state index contributed by atoms with van der Waals surface area (Å²) < 4.78 is 29.9. The summed E-state index contributed by atoms with van der Waals surface area (Å²) in [7, 11) is -2.16. The molecule has 0 aromatic carbocycles. The van der Waals surface area contributed by atoms with Gasteiger partial charge in [0.15, 0.2) is 5.13 Å². The van der Waals surface area contributed by atoms with Gasteiger partial charge in [0.2, 0.25) is 10.0 Å². The molecule has 1 aromatic heterocycles. The highest BCUT2D eigenvalue weighted by Gasteiger charge is 2.13. The Labute approximate surface area is 104 Å². The van der Waals surface area contributed by atoms with Crippen molar-refractivity contribution in [1.29, 1.82) is 0 Å². The minimum atomic E-state index is -3.44. The van der Waals surface area contributed by atoms with Crippen molar-refractivity contribution < 1.29 is 17.9 Å². The topological polar surface area (TPSA) is 85.4 Å². The molecule has 8 heteroatoms. The molecule has 0 atom stereocenters. The average molecular weight is 278 g/mol. The number of carbonyl (C=O) groups excluding carboxylic acids is 1. The molecular formula is C9H14N2O4S2. The van der Waals surface area contributed by atoms with Gasteiger partial charge in [-0.15, -0.1) is 11.3 Å². The number of esters is 1. The Balaban J connectivity index is 2.44. The van der Waals surface area contributed by atoms with Gasteiger partial charge in [-0.2, -0.15) is 0 Å². The van der Waals surface area contributed by atoms with E-state index in [4.69, 9.17) is 0 Å². The van der Waals surface area contributed by atoms with Crippen LogP contribution in [0, 0.1) is 6.92 Å². The highest BCUT2D eigenvalue weighted by atomic mass is 32.2. The Hall–Kier alpha value is -1.15. The number of anilines is 1. The molecule has 0 amide bonds. The lowest BCUT2D eigenvalue weighted by Gasteiger charge is -2.04. The van der Waals surface area contributed by atoms with Gasteiger partial charge in [0.25, 0.3) is 0 Å². The molecule has 0 aliphatic rings. The molecule has 6 nitrogen and oxygen atoms in total. The van der Waals surface area contributed by atoms with E-state index >= 15 is 0 Å². The lowest BCUT2D eigenvalue weighted by Crippen LogP contribution is -2.17. The Morgan fingerprint density at radius 3 is 2.82 bits per heavy atom. The van der Waals surface area contributed by atoms with Gasteiger partial charge in [-0.1, -0.05) is 0 Å². The lowest BCUT2D eigenvalue weighted by molar-refractivity contribution is -0.140. The van der Waals surface area contributed by atoms with Gasteiger partial charge in [0.1, 0.15) is 0 Å². The number of aromatic nitrogens is 1. The largest absolute Gasteiger partial charge is 0.469 e. The molecule has 0 fully saturated rings. The molecule has 0 saturated carbocycles. The molecule has 1 heterocycles. The number of aryl methyl sites for hydroxylation is 1. The Morgan fingerprint density at radius 1 is 1.59 bits per heavy atom. The summed E-state index contributed by atoms with van der Waals surface area (Å²) >= 11 is 1.27. The number of rotatable bonds is 6. The highest BCUT2D eigenvalue weighted by molar-refractivity contribution is 7.92. The first-order chi connectivity index (χ1) is 7.93. The van der Waals surface area contributed by atoms with Gasteiger partial charge in [0, 0.05) is 17.5 Å². The Morgan fingerprint density at radius 2 is 2.29 bits per heavy atom. The standard InChI is InChI=1S/C9H14N2O4S2/c1-7-6-10-9(16-7)11-17(13,14)5-3-4-8(12)15-2/h6H,3-5H2,1-2H3,(H,10,11). The summed E-state index contributed by atoms with van der Waals surface area (Å²) in [5.41, 5.74) is 0. The predicted octanol–water partition coefficient (Wildman–Crippen LogP) is 1.15. The SMILES string of the molecule is COC(=O)CCCS(=O)(=O)Nc1ncc(C)s1. The normalized spacial score (nSPS) is 11.2. The molecule has 0 unspecified atom stereocenters. The second kappa shape index (κ2) is 5.97. The van der Waals surface area contributed by atoms with Crippen LogP contribution in [0.2, 0.25) is 0 Å². The zero-order valence-electron chi connectivity index (χ0n) is 9.60. The smallest absolute Gasteiger partial charge is 0.305 e. The van der Waals surface area contributed by atoms with Crippen molar-refractivity contribution in [2.24, 2.45) is 0 Å². The van der Waals surface area contributed by atoms with Crippen LogP contribution in [0.1, 0.15) is 17.7 Å². The molecule has 1 N–H and O–H groups in total. The van der Waals surface area contributed by atoms with Gasteiger partial charge in [-0.25, -0.2) is 13.4 Å². The number of sulfonamides is 1. The number of methoxy groups -OCH3 is 1. The van der Waals surface area contributed by atoms with E-state index in [0.717, 1.165) is 4.88 Å². The van der Waals surface area contributed by atoms with Crippen LogP contribution in [-0.2, 0) is 19.6 Å². The third kappa shape index (κ3) is 5.14. The lowest BCUT2D eigenvalue weighted by atomic mass is 10.3. The van der Waals surface area contributed by atoms with Crippen molar-refractivity contribution in [2.75, 3.05) is 17.6 Å². The first kappa shape index (κ1) is 13.9. The zero-order chi connectivity index (χ0) is 12.9. The van der Waals surface area contributed by atoms with Crippen molar-refractivity contribution in [3.8, 4) is 0 Å². The van der Waals surface area contributed by atoms with Crippen molar-refractivity contribution in [2.45, 2.75) is 19.8 Å². The third-order valence-corrected chi connectivity index (χ3v) is 4.17. The van der Waals surface area contributed by atoms with E-state index in [-0.39, 0.29) is 18.6 Å². The third-order valence-electron chi connectivity index (χ3n) is 1.89. The maximum atomic E-state index is 11.6.